The largest absolute Gasteiger partial charge is 0.497 e. The Morgan fingerprint density at radius 2 is 1.90 bits per heavy atom. The van der Waals surface area contributed by atoms with E-state index in [1.807, 2.05) is 12.1 Å². The molecular weight excluding hydrogens is 398 g/mol. The smallest absolute Gasteiger partial charge is 0.339 e. The van der Waals surface area contributed by atoms with Gasteiger partial charge >= 0.3 is 5.97 Å². The minimum atomic E-state index is -0.976. The van der Waals surface area contributed by atoms with E-state index in [9.17, 15) is 9.59 Å². The Labute approximate surface area is 173 Å². The van der Waals surface area contributed by atoms with Crippen molar-refractivity contribution in [2.45, 2.75) is 26.0 Å². The average Bonchev–Trinajstić information content (AvgIpc) is 2.98. The predicted octanol–water partition coefficient (Wildman–Crippen LogP) is 3.37. The summed E-state index contributed by atoms with van der Waals surface area (Å²) in [4.78, 5) is 24.7. The number of methoxy groups -OCH3 is 1. The summed E-state index contributed by atoms with van der Waals surface area (Å²) in [5.41, 5.74) is 1.08. The zero-order valence-electron chi connectivity index (χ0n) is 16.2. The normalized spacial score (nSPS) is 13.8. The molecule has 3 rings (SSSR count). The molecule has 0 radical (unpaired) electrons. The predicted molar refractivity (Wildman–Crippen MR) is 107 cm³/mol. The highest BCUT2D eigenvalue weighted by molar-refractivity contribution is 6.32. The fourth-order valence-electron chi connectivity index (χ4n) is 2.71. The van der Waals surface area contributed by atoms with E-state index in [0.29, 0.717) is 31.3 Å². The average molecular weight is 420 g/mol. The van der Waals surface area contributed by atoms with E-state index < -0.39 is 18.0 Å². The molecule has 0 aliphatic carbocycles. The van der Waals surface area contributed by atoms with Gasteiger partial charge in [-0.25, -0.2) is 4.79 Å². The van der Waals surface area contributed by atoms with E-state index >= 15 is 0 Å². The van der Waals surface area contributed by atoms with Gasteiger partial charge in [-0.1, -0.05) is 23.7 Å². The van der Waals surface area contributed by atoms with Gasteiger partial charge in [0.15, 0.2) is 17.6 Å². The van der Waals surface area contributed by atoms with Crippen molar-refractivity contribution < 1.29 is 28.5 Å². The number of esters is 1. The van der Waals surface area contributed by atoms with Crippen molar-refractivity contribution in [3.8, 4) is 17.2 Å². The molecule has 1 aliphatic rings. The summed E-state index contributed by atoms with van der Waals surface area (Å²) in [5.74, 6) is 0.449. The molecule has 2 aromatic rings. The van der Waals surface area contributed by atoms with Crippen molar-refractivity contribution in [2.75, 3.05) is 20.3 Å². The molecule has 8 heteroatoms. The number of nitrogens with one attached hydrogen (secondary N) is 1. The zero-order valence-corrected chi connectivity index (χ0v) is 17.0. The van der Waals surface area contributed by atoms with Gasteiger partial charge in [0.05, 0.1) is 30.9 Å². The quantitative estimate of drug-likeness (QED) is 0.723. The molecule has 1 atom stereocenters. The Bertz CT molecular complexity index is 883. The maximum Gasteiger partial charge on any atom is 0.339 e. The van der Waals surface area contributed by atoms with E-state index in [1.54, 1.807) is 19.2 Å². The third-order valence-corrected chi connectivity index (χ3v) is 4.60. The molecular formula is C21H22ClNO6. The number of benzene rings is 2. The van der Waals surface area contributed by atoms with Crippen molar-refractivity contribution in [3.05, 3.63) is 52.5 Å². The van der Waals surface area contributed by atoms with Crippen molar-refractivity contribution in [3.63, 3.8) is 0 Å². The molecule has 1 heterocycles. The summed E-state index contributed by atoms with van der Waals surface area (Å²) < 4.78 is 21.5. The van der Waals surface area contributed by atoms with Gasteiger partial charge in [-0.05, 0) is 36.8 Å². The lowest BCUT2D eigenvalue weighted by atomic mass is 10.2. The first-order chi connectivity index (χ1) is 14.0. The number of hydrogen-bond acceptors (Lipinski definition) is 6. The van der Waals surface area contributed by atoms with Crippen LogP contribution in [-0.4, -0.2) is 38.3 Å². The van der Waals surface area contributed by atoms with Crippen LogP contribution in [0.1, 0.15) is 29.3 Å². The fraction of sp³-hybridized carbons (Fsp3) is 0.333. The third kappa shape index (κ3) is 5.32. The summed E-state index contributed by atoms with van der Waals surface area (Å²) in [5, 5.41) is 2.99. The Morgan fingerprint density at radius 3 is 2.62 bits per heavy atom. The Morgan fingerprint density at radius 1 is 1.17 bits per heavy atom. The van der Waals surface area contributed by atoms with E-state index in [1.165, 1.54) is 19.1 Å². The number of hydrogen-bond donors (Lipinski definition) is 1. The van der Waals surface area contributed by atoms with Gasteiger partial charge < -0.3 is 24.3 Å². The summed E-state index contributed by atoms with van der Waals surface area (Å²) in [6.45, 7) is 2.76. The summed E-state index contributed by atoms with van der Waals surface area (Å²) in [7, 11) is 1.59. The molecule has 1 amide bonds. The van der Waals surface area contributed by atoms with Crippen LogP contribution in [0.2, 0.25) is 5.02 Å². The third-order valence-electron chi connectivity index (χ3n) is 4.32. The number of carbonyl (C=O) groups excluding carboxylic acids is 2. The second kappa shape index (κ2) is 9.52. The molecule has 1 aliphatic heterocycles. The fourth-order valence-corrected chi connectivity index (χ4v) is 2.97. The molecule has 0 saturated heterocycles. The van der Waals surface area contributed by atoms with Crippen LogP contribution in [0.5, 0.6) is 17.2 Å². The summed E-state index contributed by atoms with van der Waals surface area (Å²) in [6.07, 6.45) is -0.258. The molecule has 29 heavy (non-hydrogen) atoms. The number of halogens is 1. The van der Waals surface area contributed by atoms with E-state index in [0.717, 1.165) is 17.7 Å². The van der Waals surface area contributed by atoms with Crippen LogP contribution >= 0.6 is 11.6 Å². The second-order valence-corrected chi connectivity index (χ2v) is 6.86. The van der Waals surface area contributed by atoms with Gasteiger partial charge in [-0.3, -0.25) is 4.79 Å². The summed E-state index contributed by atoms with van der Waals surface area (Å²) >= 11 is 6.20. The van der Waals surface area contributed by atoms with E-state index in [4.69, 9.17) is 30.5 Å². The highest BCUT2D eigenvalue weighted by Gasteiger charge is 2.22. The molecule has 7 nitrogen and oxygen atoms in total. The van der Waals surface area contributed by atoms with Crippen LogP contribution < -0.4 is 19.5 Å². The van der Waals surface area contributed by atoms with E-state index in [2.05, 4.69) is 5.32 Å². The minimum absolute atomic E-state index is 0.189. The first kappa shape index (κ1) is 20.8. The number of rotatable bonds is 6. The van der Waals surface area contributed by atoms with Gasteiger partial charge in [0, 0.05) is 13.0 Å². The lowest BCUT2D eigenvalue weighted by Crippen LogP contribution is -2.35. The molecule has 154 valence electrons. The van der Waals surface area contributed by atoms with Crippen molar-refractivity contribution >= 4 is 23.5 Å². The first-order valence-electron chi connectivity index (χ1n) is 9.18. The van der Waals surface area contributed by atoms with Crippen molar-refractivity contribution in [2.24, 2.45) is 0 Å². The van der Waals surface area contributed by atoms with Gasteiger partial charge in [0.2, 0.25) is 0 Å². The van der Waals surface area contributed by atoms with Crippen LogP contribution in [0, 0.1) is 0 Å². The lowest BCUT2D eigenvalue weighted by Gasteiger charge is -2.15. The maximum atomic E-state index is 12.5. The van der Waals surface area contributed by atoms with Crippen LogP contribution in [0.3, 0.4) is 0 Å². The molecule has 0 unspecified atom stereocenters. The molecule has 0 bridgehead atoms. The highest BCUT2D eigenvalue weighted by atomic mass is 35.5. The van der Waals surface area contributed by atoms with E-state index in [-0.39, 0.29) is 10.6 Å². The SMILES string of the molecule is COc1ccc(CNC(=O)[C@H](C)OC(=O)c2cc(Cl)c3c(c2)OCCCO3)cc1. The van der Waals surface area contributed by atoms with Crippen LogP contribution in [0.25, 0.3) is 0 Å². The first-order valence-corrected chi connectivity index (χ1v) is 9.56. The number of ether oxygens (including phenoxy) is 4. The number of amides is 1. The van der Waals surface area contributed by atoms with Crippen LogP contribution in [-0.2, 0) is 16.1 Å². The molecule has 1 N–H and O–H groups in total. The van der Waals surface area contributed by atoms with Gasteiger partial charge in [0.1, 0.15) is 5.75 Å². The number of fused-ring (bicyclic) bond motifs is 1. The monoisotopic (exact) mass is 419 g/mol. The summed E-state index contributed by atoms with van der Waals surface area (Å²) in [6, 6.07) is 10.2. The van der Waals surface area contributed by atoms with Crippen LogP contribution in [0.4, 0.5) is 0 Å². The Hall–Kier alpha value is -2.93. The van der Waals surface area contributed by atoms with Crippen LogP contribution in [0.15, 0.2) is 36.4 Å². The standard InChI is InChI=1S/C21H22ClNO6/c1-13(20(24)23-12-14-4-6-16(26-2)7-5-14)29-21(25)15-10-17(22)19-18(11-15)27-8-3-9-28-19/h4-7,10-11,13H,3,8-9,12H2,1-2H3,(H,23,24)/t13-/m0/s1. The lowest BCUT2D eigenvalue weighted by molar-refractivity contribution is -0.129. The topological polar surface area (TPSA) is 83.1 Å². The van der Waals surface area contributed by atoms with Gasteiger partial charge in [0.25, 0.3) is 5.91 Å². The number of carbonyl (C=O) groups is 2. The van der Waals surface area contributed by atoms with Crippen molar-refractivity contribution in [1.82, 2.24) is 5.32 Å². The minimum Gasteiger partial charge on any atom is -0.497 e. The zero-order chi connectivity index (χ0) is 20.8. The molecule has 0 spiro atoms. The molecule has 2 aromatic carbocycles. The molecule has 0 saturated carbocycles. The van der Waals surface area contributed by atoms with Crippen molar-refractivity contribution in [1.29, 1.82) is 0 Å². The Balaban J connectivity index is 1.58. The molecule has 0 aromatic heterocycles. The second-order valence-electron chi connectivity index (χ2n) is 6.45. The highest BCUT2D eigenvalue weighted by Crippen LogP contribution is 2.38. The maximum absolute atomic E-state index is 12.5. The van der Waals surface area contributed by atoms with Gasteiger partial charge in [-0.2, -0.15) is 0 Å². The Kier molecular flexibility index (Phi) is 6.82. The van der Waals surface area contributed by atoms with Gasteiger partial charge in [-0.15, -0.1) is 0 Å². The molecule has 0 fully saturated rings.